The zero-order valence-corrected chi connectivity index (χ0v) is 13.1. The minimum Gasteiger partial charge on any atom is -0.337 e. The van der Waals surface area contributed by atoms with E-state index in [0.717, 1.165) is 5.56 Å². The Morgan fingerprint density at radius 2 is 2.00 bits per heavy atom. The van der Waals surface area contributed by atoms with Crippen molar-refractivity contribution in [3.05, 3.63) is 56.7 Å². The maximum absolute atomic E-state index is 11.0. The molecule has 0 bridgehead atoms. The molecule has 0 aliphatic carbocycles. The molecule has 0 fully saturated rings. The van der Waals surface area contributed by atoms with Crippen molar-refractivity contribution >= 4 is 17.3 Å². The van der Waals surface area contributed by atoms with Gasteiger partial charge in [0.25, 0.3) is 0 Å². The molecule has 2 aromatic heterocycles. The second kappa shape index (κ2) is 5.81. The molecule has 0 unspecified atom stereocenters. The van der Waals surface area contributed by atoms with Gasteiger partial charge < -0.3 is 4.52 Å². The molecule has 3 aromatic rings. The van der Waals surface area contributed by atoms with Gasteiger partial charge in [0.2, 0.25) is 11.7 Å². The Kier molecular flexibility index (Phi) is 3.83. The molecule has 0 amide bonds. The van der Waals surface area contributed by atoms with Gasteiger partial charge in [-0.2, -0.15) is 10.1 Å². The lowest BCUT2D eigenvalue weighted by atomic mass is 10.2. The fraction of sp³-hybridized carbons (Fsp3) is 0.214. The van der Waals surface area contributed by atoms with Crippen LogP contribution in [0.1, 0.15) is 17.3 Å². The first-order chi connectivity index (χ1) is 11.0. The van der Waals surface area contributed by atoms with Crippen molar-refractivity contribution in [2.24, 2.45) is 0 Å². The van der Waals surface area contributed by atoms with Crippen LogP contribution in [0.15, 0.2) is 28.8 Å². The zero-order chi connectivity index (χ0) is 16.6. The molecule has 0 aliphatic heterocycles. The van der Waals surface area contributed by atoms with Crippen LogP contribution in [0.5, 0.6) is 0 Å². The lowest BCUT2D eigenvalue weighted by molar-refractivity contribution is -0.386. The largest absolute Gasteiger partial charge is 0.337 e. The highest BCUT2D eigenvalue weighted by atomic mass is 35.5. The summed E-state index contributed by atoms with van der Waals surface area (Å²) in [6.07, 6.45) is 0. The third kappa shape index (κ3) is 2.93. The SMILES string of the molecule is Cc1nn(Cc2nc(-c3ccc(Cl)cc3)no2)c(C)c1[N+](=O)[O-]. The summed E-state index contributed by atoms with van der Waals surface area (Å²) in [5.41, 5.74) is 1.56. The molecular weight excluding hydrogens is 322 g/mol. The molecule has 3 rings (SSSR count). The molecule has 2 heterocycles. The Bertz CT molecular complexity index is 869. The quantitative estimate of drug-likeness (QED) is 0.537. The number of nitrogens with zero attached hydrogens (tertiary/aromatic N) is 5. The average molecular weight is 334 g/mol. The topological polar surface area (TPSA) is 99.9 Å². The van der Waals surface area contributed by atoms with E-state index in [1.54, 1.807) is 38.1 Å². The predicted molar refractivity (Wildman–Crippen MR) is 82.2 cm³/mol. The van der Waals surface area contributed by atoms with Gasteiger partial charge in [0, 0.05) is 10.6 Å². The molecule has 118 valence electrons. The van der Waals surface area contributed by atoms with E-state index in [9.17, 15) is 10.1 Å². The summed E-state index contributed by atoms with van der Waals surface area (Å²) in [7, 11) is 0. The molecule has 0 saturated carbocycles. The molecule has 8 nitrogen and oxygen atoms in total. The minimum atomic E-state index is -0.443. The maximum atomic E-state index is 11.0. The van der Waals surface area contributed by atoms with Crippen LogP contribution in [0, 0.1) is 24.0 Å². The average Bonchev–Trinajstić information content (AvgIpc) is 3.05. The van der Waals surface area contributed by atoms with Gasteiger partial charge in [-0.15, -0.1) is 0 Å². The van der Waals surface area contributed by atoms with Crippen LogP contribution in [-0.2, 0) is 6.54 Å². The van der Waals surface area contributed by atoms with Gasteiger partial charge in [-0.1, -0.05) is 16.8 Å². The third-order valence-electron chi connectivity index (χ3n) is 3.38. The first kappa shape index (κ1) is 15.2. The molecule has 0 spiro atoms. The Labute approximate surface area is 135 Å². The van der Waals surface area contributed by atoms with Crippen molar-refractivity contribution < 1.29 is 9.45 Å². The lowest BCUT2D eigenvalue weighted by Gasteiger charge is -1.98. The molecule has 0 atom stereocenters. The molecule has 23 heavy (non-hydrogen) atoms. The number of aryl methyl sites for hydroxylation is 1. The van der Waals surface area contributed by atoms with Crippen molar-refractivity contribution in [1.29, 1.82) is 0 Å². The van der Waals surface area contributed by atoms with E-state index in [1.807, 2.05) is 0 Å². The second-order valence-corrected chi connectivity index (χ2v) is 5.39. The predicted octanol–water partition coefficient (Wildman–Crippen LogP) is 3.16. The smallest absolute Gasteiger partial charge is 0.312 e. The molecule has 0 radical (unpaired) electrons. The van der Waals surface area contributed by atoms with Crippen molar-refractivity contribution in [3.63, 3.8) is 0 Å². The van der Waals surface area contributed by atoms with Crippen LogP contribution in [0.25, 0.3) is 11.4 Å². The number of aromatic nitrogens is 4. The Balaban J connectivity index is 1.86. The highest BCUT2D eigenvalue weighted by molar-refractivity contribution is 6.30. The Morgan fingerprint density at radius 1 is 1.30 bits per heavy atom. The summed E-state index contributed by atoms with van der Waals surface area (Å²) < 4.78 is 6.67. The monoisotopic (exact) mass is 333 g/mol. The number of halogens is 1. The molecular formula is C14H12ClN5O3. The van der Waals surface area contributed by atoms with Crippen LogP contribution < -0.4 is 0 Å². The highest BCUT2D eigenvalue weighted by Crippen LogP contribution is 2.23. The van der Waals surface area contributed by atoms with Crippen LogP contribution >= 0.6 is 11.6 Å². The molecule has 9 heteroatoms. The maximum Gasteiger partial charge on any atom is 0.312 e. The van der Waals surface area contributed by atoms with Gasteiger partial charge >= 0.3 is 5.69 Å². The minimum absolute atomic E-state index is 0.00226. The summed E-state index contributed by atoms with van der Waals surface area (Å²) in [5.74, 6) is 0.739. The molecule has 0 saturated heterocycles. The van der Waals surface area contributed by atoms with Gasteiger partial charge in [0.15, 0.2) is 0 Å². The zero-order valence-electron chi connectivity index (χ0n) is 12.4. The summed E-state index contributed by atoms with van der Waals surface area (Å²) in [4.78, 5) is 14.9. The molecule has 1 aromatic carbocycles. The van der Waals surface area contributed by atoms with Crippen molar-refractivity contribution in [2.45, 2.75) is 20.4 Å². The Hall–Kier alpha value is -2.74. The van der Waals surface area contributed by atoms with Crippen LogP contribution in [0.4, 0.5) is 5.69 Å². The van der Waals surface area contributed by atoms with E-state index in [4.69, 9.17) is 16.1 Å². The molecule has 0 aliphatic rings. The summed E-state index contributed by atoms with van der Waals surface area (Å²) in [5, 5.41) is 19.7. The van der Waals surface area contributed by atoms with Gasteiger partial charge in [-0.25, -0.2) is 0 Å². The van der Waals surface area contributed by atoms with Crippen molar-refractivity contribution in [2.75, 3.05) is 0 Å². The van der Waals surface area contributed by atoms with Crippen LogP contribution in [0.3, 0.4) is 0 Å². The van der Waals surface area contributed by atoms with Crippen molar-refractivity contribution in [3.8, 4) is 11.4 Å². The van der Waals surface area contributed by atoms with Gasteiger partial charge in [-0.05, 0) is 38.1 Å². The normalized spacial score (nSPS) is 10.9. The lowest BCUT2D eigenvalue weighted by Crippen LogP contribution is -2.04. The number of nitro groups is 1. The summed E-state index contributed by atoms with van der Waals surface area (Å²) in [6.45, 7) is 3.39. The van der Waals surface area contributed by atoms with Crippen molar-refractivity contribution in [1.82, 2.24) is 19.9 Å². The van der Waals surface area contributed by atoms with E-state index < -0.39 is 4.92 Å². The summed E-state index contributed by atoms with van der Waals surface area (Å²) >= 11 is 5.84. The number of hydrogen-bond donors (Lipinski definition) is 0. The first-order valence-electron chi connectivity index (χ1n) is 6.72. The number of hydrogen-bond acceptors (Lipinski definition) is 6. The van der Waals surface area contributed by atoms with E-state index in [0.29, 0.717) is 28.1 Å². The van der Waals surface area contributed by atoms with Crippen LogP contribution in [0.2, 0.25) is 5.02 Å². The number of rotatable bonds is 4. The number of benzene rings is 1. The van der Waals surface area contributed by atoms with Crippen LogP contribution in [-0.4, -0.2) is 24.8 Å². The van der Waals surface area contributed by atoms with Gasteiger partial charge in [0.05, 0.1) is 4.92 Å². The second-order valence-electron chi connectivity index (χ2n) is 4.95. The summed E-state index contributed by atoms with van der Waals surface area (Å²) in [6, 6.07) is 7.03. The van der Waals surface area contributed by atoms with E-state index in [-0.39, 0.29) is 12.2 Å². The fourth-order valence-electron chi connectivity index (χ4n) is 2.27. The fourth-order valence-corrected chi connectivity index (χ4v) is 2.40. The first-order valence-corrected chi connectivity index (χ1v) is 7.10. The van der Waals surface area contributed by atoms with Gasteiger partial charge in [0.1, 0.15) is 17.9 Å². The highest BCUT2D eigenvalue weighted by Gasteiger charge is 2.22. The van der Waals surface area contributed by atoms with E-state index in [1.165, 1.54) is 4.68 Å². The van der Waals surface area contributed by atoms with E-state index in [2.05, 4.69) is 15.2 Å². The van der Waals surface area contributed by atoms with Gasteiger partial charge in [-0.3, -0.25) is 14.8 Å². The Morgan fingerprint density at radius 3 is 2.61 bits per heavy atom. The molecule has 0 N–H and O–H groups in total. The standard InChI is InChI=1S/C14H12ClN5O3/c1-8-13(20(21)22)9(2)19(17-8)7-12-16-14(18-23-12)10-3-5-11(15)6-4-10/h3-6H,7H2,1-2H3. The van der Waals surface area contributed by atoms with E-state index >= 15 is 0 Å². The third-order valence-corrected chi connectivity index (χ3v) is 3.63.